The van der Waals surface area contributed by atoms with Gasteiger partial charge in [0.05, 0.1) is 0 Å². The minimum Gasteiger partial charge on any atom is -0.336 e. The molecule has 1 N–H and O–H groups in total. The van der Waals surface area contributed by atoms with E-state index in [2.05, 4.69) is 15.0 Å². The van der Waals surface area contributed by atoms with Crippen LogP contribution in [0.5, 0.6) is 0 Å². The quantitative estimate of drug-likeness (QED) is 0.323. The van der Waals surface area contributed by atoms with E-state index in [0.717, 1.165) is 16.7 Å². The Labute approximate surface area is 201 Å². The molecular weight excluding hydrogens is 459 g/mol. The number of nitrogens with zero attached hydrogens (tertiary/aromatic N) is 3. The van der Waals surface area contributed by atoms with Gasteiger partial charge < -0.3 is 9.88 Å². The zero-order valence-electron chi connectivity index (χ0n) is 18.2. The number of H-pyrrole nitrogens is 1. The molecule has 33 heavy (non-hydrogen) atoms. The Hall–Kier alpha value is -3.16. The van der Waals surface area contributed by atoms with Gasteiger partial charge in [-0.3, -0.25) is 9.78 Å². The SMILES string of the molecule is Cc1ccc(-c2nc(SCc3c(F)cccc3Cl)c(C(=O)N(C)Cc3ccncc3)[nH]2)cc1. The predicted octanol–water partition coefficient (Wildman–Crippen LogP) is 6.14. The smallest absolute Gasteiger partial charge is 0.273 e. The third-order valence-corrected chi connectivity index (χ3v) is 6.50. The monoisotopic (exact) mass is 480 g/mol. The van der Waals surface area contributed by atoms with E-state index in [0.29, 0.717) is 33.7 Å². The number of pyridine rings is 1. The predicted molar refractivity (Wildman–Crippen MR) is 130 cm³/mol. The molecule has 0 spiro atoms. The standard InChI is InChI=1S/C25H22ClFN4OS/c1-16-6-8-18(9-7-16)23-29-22(25(32)31(2)14-17-10-12-28-13-11-17)24(30-23)33-15-19-20(26)4-3-5-21(19)27/h3-13H,14-15H2,1-2H3,(H,29,30). The second-order valence-electron chi connectivity index (χ2n) is 7.64. The van der Waals surface area contributed by atoms with Gasteiger partial charge in [-0.05, 0) is 36.8 Å². The van der Waals surface area contributed by atoms with Crippen LogP contribution in [0.25, 0.3) is 11.4 Å². The molecule has 0 unspecified atom stereocenters. The molecule has 4 aromatic rings. The van der Waals surface area contributed by atoms with E-state index in [4.69, 9.17) is 11.6 Å². The van der Waals surface area contributed by atoms with Crippen molar-refractivity contribution in [2.75, 3.05) is 7.05 Å². The number of aromatic amines is 1. The Balaban J connectivity index is 1.64. The molecule has 0 aliphatic heterocycles. The number of carbonyl (C=O) groups excluding carboxylic acids is 1. The van der Waals surface area contributed by atoms with Gasteiger partial charge in [-0.2, -0.15) is 0 Å². The van der Waals surface area contributed by atoms with Crippen LogP contribution in [-0.2, 0) is 12.3 Å². The molecule has 0 saturated carbocycles. The Bertz CT molecular complexity index is 1240. The average Bonchev–Trinajstić information content (AvgIpc) is 3.23. The first kappa shape index (κ1) is 23.0. The maximum Gasteiger partial charge on any atom is 0.273 e. The van der Waals surface area contributed by atoms with Crippen LogP contribution in [-0.4, -0.2) is 32.8 Å². The zero-order chi connectivity index (χ0) is 23.4. The van der Waals surface area contributed by atoms with Crippen LogP contribution in [0.4, 0.5) is 4.39 Å². The summed E-state index contributed by atoms with van der Waals surface area (Å²) >= 11 is 7.47. The van der Waals surface area contributed by atoms with Gasteiger partial charge in [0.2, 0.25) is 0 Å². The molecule has 4 rings (SSSR count). The first-order valence-electron chi connectivity index (χ1n) is 10.3. The number of amides is 1. The lowest BCUT2D eigenvalue weighted by molar-refractivity contribution is 0.0776. The second kappa shape index (κ2) is 10.2. The summed E-state index contributed by atoms with van der Waals surface area (Å²) in [6.07, 6.45) is 3.39. The van der Waals surface area contributed by atoms with Crippen molar-refractivity contribution in [3.63, 3.8) is 0 Å². The van der Waals surface area contributed by atoms with Gasteiger partial charge in [0, 0.05) is 47.9 Å². The summed E-state index contributed by atoms with van der Waals surface area (Å²) in [7, 11) is 1.73. The van der Waals surface area contributed by atoms with Crippen LogP contribution in [0.15, 0.2) is 72.0 Å². The molecule has 168 valence electrons. The van der Waals surface area contributed by atoms with Gasteiger partial charge in [0.25, 0.3) is 5.91 Å². The van der Waals surface area contributed by atoms with E-state index in [9.17, 15) is 9.18 Å². The summed E-state index contributed by atoms with van der Waals surface area (Å²) in [5, 5.41) is 0.843. The number of aromatic nitrogens is 3. The number of thioether (sulfide) groups is 1. The number of imidazole rings is 1. The van der Waals surface area contributed by atoms with E-state index in [1.807, 2.05) is 43.3 Å². The molecule has 1 amide bonds. The molecule has 0 aliphatic carbocycles. The van der Waals surface area contributed by atoms with Crippen molar-refractivity contribution in [3.05, 3.63) is 100 Å². The molecule has 0 atom stereocenters. The van der Waals surface area contributed by atoms with Crippen LogP contribution in [0.2, 0.25) is 5.02 Å². The molecule has 2 aromatic heterocycles. The number of rotatable bonds is 7. The maximum atomic E-state index is 14.3. The van der Waals surface area contributed by atoms with E-state index in [1.54, 1.807) is 36.5 Å². The minimum absolute atomic E-state index is 0.209. The van der Waals surface area contributed by atoms with Gasteiger partial charge in [0.15, 0.2) is 0 Å². The summed E-state index contributed by atoms with van der Waals surface area (Å²) in [5.74, 6) is 0.238. The van der Waals surface area contributed by atoms with Crippen LogP contribution in [0.1, 0.15) is 27.2 Å². The van der Waals surface area contributed by atoms with E-state index >= 15 is 0 Å². The first-order chi connectivity index (χ1) is 15.9. The lowest BCUT2D eigenvalue weighted by Gasteiger charge is -2.17. The minimum atomic E-state index is -0.382. The number of hydrogen-bond donors (Lipinski definition) is 1. The number of carbonyl (C=O) groups is 1. The Morgan fingerprint density at radius 3 is 2.55 bits per heavy atom. The lowest BCUT2D eigenvalue weighted by Crippen LogP contribution is -2.27. The molecule has 2 heterocycles. The van der Waals surface area contributed by atoms with Crippen molar-refractivity contribution in [1.82, 2.24) is 19.9 Å². The molecule has 8 heteroatoms. The first-order valence-corrected chi connectivity index (χ1v) is 11.7. The largest absolute Gasteiger partial charge is 0.336 e. The molecule has 0 radical (unpaired) electrons. The number of halogens is 2. The summed E-state index contributed by atoms with van der Waals surface area (Å²) in [4.78, 5) is 26.8. The average molecular weight is 481 g/mol. The Morgan fingerprint density at radius 1 is 1.12 bits per heavy atom. The number of benzene rings is 2. The third-order valence-electron chi connectivity index (χ3n) is 5.14. The molecule has 2 aromatic carbocycles. The molecule has 5 nitrogen and oxygen atoms in total. The van der Waals surface area contributed by atoms with Crippen LogP contribution in [0.3, 0.4) is 0 Å². The fourth-order valence-electron chi connectivity index (χ4n) is 3.29. The second-order valence-corrected chi connectivity index (χ2v) is 9.01. The molecule has 0 bridgehead atoms. The van der Waals surface area contributed by atoms with Gasteiger partial charge in [-0.1, -0.05) is 59.3 Å². The number of nitrogens with one attached hydrogen (secondary N) is 1. The van der Waals surface area contributed by atoms with E-state index < -0.39 is 0 Å². The van der Waals surface area contributed by atoms with Crippen molar-refractivity contribution in [2.24, 2.45) is 0 Å². The topological polar surface area (TPSA) is 61.9 Å². The fourth-order valence-corrected chi connectivity index (χ4v) is 4.61. The highest BCUT2D eigenvalue weighted by atomic mass is 35.5. The van der Waals surface area contributed by atoms with Crippen molar-refractivity contribution in [2.45, 2.75) is 24.2 Å². The van der Waals surface area contributed by atoms with Crippen LogP contribution >= 0.6 is 23.4 Å². The molecule has 0 fully saturated rings. The molecular formula is C25H22ClFN4OS. The number of aryl methyl sites for hydroxylation is 1. The summed E-state index contributed by atoms with van der Waals surface area (Å²) in [6, 6.07) is 16.2. The van der Waals surface area contributed by atoms with Crippen LogP contribution in [0, 0.1) is 12.7 Å². The van der Waals surface area contributed by atoms with Crippen molar-refractivity contribution >= 4 is 29.3 Å². The van der Waals surface area contributed by atoms with Gasteiger partial charge >= 0.3 is 0 Å². The number of hydrogen-bond acceptors (Lipinski definition) is 4. The molecule has 0 aliphatic rings. The van der Waals surface area contributed by atoms with Gasteiger partial charge in [-0.25, -0.2) is 9.37 Å². The Kier molecular flexibility index (Phi) is 7.11. The fraction of sp³-hybridized carbons (Fsp3) is 0.160. The summed E-state index contributed by atoms with van der Waals surface area (Å²) < 4.78 is 14.3. The Morgan fingerprint density at radius 2 is 1.85 bits per heavy atom. The van der Waals surface area contributed by atoms with Gasteiger partial charge in [-0.15, -0.1) is 0 Å². The summed E-state index contributed by atoms with van der Waals surface area (Å²) in [5.41, 5.74) is 3.70. The molecule has 0 saturated heterocycles. The normalized spacial score (nSPS) is 10.9. The third kappa shape index (κ3) is 5.43. The lowest BCUT2D eigenvalue weighted by atomic mass is 10.1. The van der Waals surface area contributed by atoms with E-state index in [1.165, 1.54) is 17.8 Å². The highest BCUT2D eigenvalue weighted by Crippen LogP contribution is 2.32. The van der Waals surface area contributed by atoms with Gasteiger partial charge in [0.1, 0.15) is 22.4 Å². The highest BCUT2D eigenvalue weighted by Gasteiger charge is 2.22. The highest BCUT2D eigenvalue weighted by molar-refractivity contribution is 7.98. The van der Waals surface area contributed by atoms with Crippen LogP contribution < -0.4 is 0 Å². The zero-order valence-corrected chi connectivity index (χ0v) is 19.8. The summed E-state index contributed by atoms with van der Waals surface area (Å²) in [6.45, 7) is 2.43. The maximum absolute atomic E-state index is 14.3. The van der Waals surface area contributed by atoms with Crippen molar-refractivity contribution < 1.29 is 9.18 Å². The van der Waals surface area contributed by atoms with Crippen molar-refractivity contribution in [1.29, 1.82) is 0 Å². The van der Waals surface area contributed by atoms with Crippen molar-refractivity contribution in [3.8, 4) is 11.4 Å². The van der Waals surface area contributed by atoms with E-state index in [-0.39, 0.29) is 17.5 Å².